The Hall–Kier alpha value is -12.5. The first-order valence-corrected chi connectivity index (χ1v) is 61.9. The van der Waals surface area contributed by atoms with Crippen LogP contribution < -0.4 is 63.7 Å². The molecule has 145 heavy (non-hydrogen) atoms. The minimum Gasteiger partial charge on any atom is -0.0622 e. The van der Waals surface area contributed by atoms with E-state index in [0.717, 1.165) is 118 Å². The number of hydrogen-bond donors (Lipinski definition) is 2. The van der Waals surface area contributed by atoms with Crippen molar-refractivity contribution in [2.45, 2.75) is 103 Å². The van der Waals surface area contributed by atoms with Gasteiger partial charge in [-0.05, 0) is 108 Å². The quantitative estimate of drug-likeness (QED) is 0.0177. The molecule has 11 heteroatoms. The number of hydrogen-bond acceptors (Lipinski definition) is 2. The van der Waals surface area contributed by atoms with Crippen LogP contribution in [0.25, 0.3) is 24.3 Å². The summed E-state index contributed by atoms with van der Waals surface area (Å²) in [6.45, 7) is 14.9. The molecule has 2 N–H and O–H groups in total. The fourth-order valence-corrected chi connectivity index (χ4v) is 28.7. The fourth-order valence-electron chi connectivity index (χ4n) is 15.7. The monoisotopic (exact) mass is 2530 g/mol. The third-order valence-electron chi connectivity index (χ3n) is 22.9. The minimum absolute atomic E-state index is 0. The van der Waals surface area contributed by atoms with Crippen LogP contribution in [0.2, 0.25) is 0 Å². The molecule has 2 nitrogen and oxygen atoms in total. The standard InChI is InChI=1S/C49H40P.C30H26O2.3C18H15P.CH4.2ClH.3Os/c1-37(2)43(35-44-19-15-17-38(44)3)33-31-41-27-29-42(30-28-41)32-34-46(36-45-20-16-18-39(45)4)40(5)50(47-21-9-6-10-22-47,48-23-11-7-12-24-48)49-25-13-8-14-26-49;1-5-9-11-13-15-23-29(31,7-3)25-21-27-17-19-28(20-18-27)22-26-30(32,8-4)24-16-14-12-10-6-2;3*1-4-10-16(11-5-1)19(17-12-6-2-7-13-17)18-14-8-3-9-15-18;;;;;;/h3-4,6-14,21-34H,15-20H2,1H3;1-4,17-22,25-26,31-32H,9-14H2;3*1-15H;1H4;2*1H;;;/q-3;;;;;;;;;;+2/p-2/b33-31+,34-32+,43-37?,46-40?;25-21+,26-22+;;;;;;;;;. The molecule has 0 saturated heterocycles. The van der Waals surface area contributed by atoms with Crippen molar-refractivity contribution in [3.8, 4) is 81.8 Å². The summed E-state index contributed by atoms with van der Waals surface area (Å²) >= 11 is 2.88. The molecule has 0 aromatic heterocycles. The summed E-state index contributed by atoms with van der Waals surface area (Å²) in [5, 5.41) is 38.4. The van der Waals surface area contributed by atoms with Crippen LogP contribution in [0, 0.1) is 107 Å². The predicted molar refractivity (Wildman–Crippen MR) is 621 cm³/mol. The second-order valence-electron chi connectivity index (χ2n) is 32.9. The van der Waals surface area contributed by atoms with Gasteiger partial charge in [0.1, 0.15) is 0 Å². The maximum absolute atomic E-state index is 10.4. The van der Waals surface area contributed by atoms with E-state index in [-0.39, 0.29) is 7.43 Å². The summed E-state index contributed by atoms with van der Waals surface area (Å²) in [6.07, 6.45) is 53.6. The van der Waals surface area contributed by atoms with Gasteiger partial charge >= 0.3 is 368 Å². The number of terminal acetylenes is 4. The van der Waals surface area contributed by atoms with Crippen molar-refractivity contribution in [1.29, 1.82) is 0 Å². The first kappa shape index (κ1) is 114. The first-order chi connectivity index (χ1) is 70.6. The third kappa shape index (κ3) is 36.0. The van der Waals surface area contributed by atoms with Crippen LogP contribution in [0.5, 0.6) is 0 Å². The van der Waals surface area contributed by atoms with Gasteiger partial charge in [0, 0.05) is 25.7 Å². The number of benzene rings is 14. The van der Waals surface area contributed by atoms with Gasteiger partial charge in [0.05, 0.1) is 0 Å². The summed E-state index contributed by atoms with van der Waals surface area (Å²) in [7, 11) is 6.06. The molecule has 16 rings (SSSR count). The molecule has 0 aliphatic heterocycles. The van der Waals surface area contributed by atoms with E-state index >= 15 is 0 Å². The number of unbranched alkanes of at least 4 members (excludes halogenated alkanes) is 4. The van der Waals surface area contributed by atoms with E-state index in [9.17, 15) is 10.2 Å². The fraction of sp³-hybridized carbons (Fsp3) is 0.119. The normalized spacial score (nSPS) is 13.6. The van der Waals surface area contributed by atoms with E-state index in [1.54, 1.807) is 48.0 Å². The minimum atomic E-state index is -2.41. The van der Waals surface area contributed by atoms with Gasteiger partial charge < -0.3 is 10.2 Å². The van der Waals surface area contributed by atoms with Crippen molar-refractivity contribution in [1.82, 2.24) is 0 Å². The Morgan fingerprint density at radius 2 is 0.593 bits per heavy atom. The van der Waals surface area contributed by atoms with Gasteiger partial charge in [0.25, 0.3) is 0 Å². The van der Waals surface area contributed by atoms with Gasteiger partial charge in [-0.15, -0.1) is 37.5 Å². The second kappa shape index (κ2) is 63.7. The van der Waals surface area contributed by atoms with E-state index in [0.29, 0.717) is 25.7 Å². The molecule has 0 radical (unpaired) electrons. The van der Waals surface area contributed by atoms with Gasteiger partial charge in [-0.3, -0.25) is 0 Å². The van der Waals surface area contributed by atoms with E-state index in [1.165, 1.54) is 75.8 Å². The van der Waals surface area contributed by atoms with E-state index in [1.807, 2.05) is 24.3 Å². The van der Waals surface area contributed by atoms with Crippen molar-refractivity contribution in [2.75, 3.05) is 0 Å². The second-order valence-corrected chi connectivity index (χ2v) is 47.8. The van der Waals surface area contributed by atoms with Crippen LogP contribution in [0.3, 0.4) is 0 Å². The van der Waals surface area contributed by atoms with Crippen molar-refractivity contribution >= 4 is 138 Å². The third-order valence-corrected chi connectivity index (χ3v) is 36.6. The van der Waals surface area contributed by atoms with Gasteiger partial charge in [-0.2, -0.15) is 0 Å². The Morgan fingerprint density at radius 1 is 0.359 bits per heavy atom. The molecule has 14 aromatic carbocycles. The first-order valence-electron chi connectivity index (χ1n) is 47.2. The van der Waals surface area contributed by atoms with Gasteiger partial charge in [-0.25, -0.2) is 0 Å². The molecule has 2 unspecified atom stereocenters. The SMILES string of the molecule is C.C#CCCCC#CC(O)(C#C)/C=C/c1ccc(/C=C/C(O)(C#C)C#CCCCC#C)cc1.[CH-]=C1CCCC1=[C-]C(/C=C/c1ccc(/C=C/C([C-]=C2CCCC2=[CH-])=C([C]#[Os])[P+](c2ccccc2)(c2ccccc2)c2ccccc2)cc1)=C(C)[C]#[Os].[Cl][Os][Cl].c1ccc(P(c2ccccc2)c2ccccc2)cc1.c1ccc(P(c2ccccc2)c2ccccc2)cc1.c1ccc(P(c2ccccc2)c2ccccc2)cc1. The molecule has 724 valence electrons. The van der Waals surface area contributed by atoms with Crippen molar-refractivity contribution in [3.63, 3.8) is 0 Å². The zero-order valence-corrected chi connectivity index (χ0v) is 93.0. The molecule has 14 aromatic rings. The maximum Gasteiger partial charge on any atom is -0.0134 e. The van der Waals surface area contributed by atoms with Crippen LogP contribution in [-0.4, -0.2) is 21.4 Å². The molecular formula is C134H115Cl2O2Os3P4-3. The summed E-state index contributed by atoms with van der Waals surface area (Å²) in [6, 6.07) is 146. The molecule has 2 fully saturated rings. The molecule has 2 aliphatic rings. The molecule has 2 saturated carbocycles. The Balaban J connectivity index is 0.000000197. The number of rotatable bonds is 27. The van der Waals surface area contributed by atoms with Crippen LogP contribution in [0.15, 0.2) is 481 Å². The largest absolute Gasteiger partial charge is 0.0622 e. The maximum atomic E-state index is 10.4. The Kier molecular flexibility index (Phi) is 50.3. The molecule has 0 heterocycles. The Labute approximate surface area is 904 Å². The molecule has 0 bridgehead atoms. The summed E-state index contributed by atoms with van der Waals surface area (Å²) in [4.78, 5) is 0. The molecule has 2 aliphatic carbocycles. The summed E-state index contributed by atoms with van der Waals surface area (Å²) in [5.74, 6) is 20.8. The Morgan fingerprint density at radius 3 is 0.814 bits per heavy atom. The van der Waals surface area contributed by atoms with E-state index in [2.05, 4.69) is 488 Å². The Bertz CT molecular complexity index is 6350. The topological polar surface area (TPSA) is 40.5 Å². The summed E-state index contributed by atoms with van der Waals surface area (Å²) < 4.78 is 7.09. The van der Waals surface area contributed by atoms with Gasteiger partial charge in [0.15, 0.2) is 0 Å². The van der Waals surface area contributed by atoms with Crippen LogP contribution in [-0.2, 0) is 51.3 Å². The van der Waals surface area contributed by atoms with Crippen molar-refractivity contribution in [2.24, 2.45) is 0 Å². The molecule has 0 spiro atoms. The van der Waals surface area contributed by atoms with Crippen molar-refractivity contribution in [3.05, 3.63) is 529 Å². The van der Waals surface area contributed by atoms with E-state index < -0.39 is 57.6 Å². The summed E-state index contributed by atoms with van der Waals surface area (Å²) in [5.41, 5.74) is 7.85. The number of halogens is 2. The van der Waals surface area contributed by atoms with Crippen LogP contribution in [0.4, 0.5) is 0 Å². The smallest absolute Gasteiger partial charge is 0.0134 e. The molecular weight excluding hydrogens is 2410 g/mol. The van der Waals surface area contributed by atoms with Crippen LogP contribution in [0.1, 0.15) is 114 Å². The van der Waals surface area contributed by atoms with Gasteiger partial charge in [0.2, 0.25) is 11.2 Å². The average Bonchev–Trinajstić information content (AvgIpc) is 1.44. The van der Waals surface area contributed by atoms with Crippen LogP contribution >= 0.6 is 50.3 Å². The average molecular weight is 2520 g/mol. The molecule has 0 amide bonds. The van der Waals surface area contributed by atoms with Crippen molar-refractivity contribution < 1.29 is 61.5 Å². The predicted octanol–water partition coefficient (Wildman–Crippen LogP) is 27.2. The molecule has 2 atom stereocenters. The number of allylic oxidation sites excluding steroid dienone is 12. The number of aliphatic hydroxyl groups is 2. The van der Waals surface area contributed by atoms with E-state index in [4.69, 9.17) is 58.1 Å². The zero-order chi connectivity index (χ0) is 102. The van der Waals surface area contributed by atoms with Gasteiger partial charge in [-0.1, -0.05) is 352 Å². The zero-order valence-electron chi connectivity index (χ0n) is 80.3.